The second-order valence-electron chi connectivity index (χ2n) is 4.45. The Morgan fingerprint density at radius 3 is 2.53 bits per heavy atom. The lowest BCUT2D eigenvalue weighted by Crippen LogP contribution is -2.28. The van der Waals surface area contributed by atoms with Crippen LogP contribution in [0.1, 0.15) is 35.2 Å². The molecule has 1 aromatic rings. The molecule has 0 saturated heterocycles. The maximum atomic E-state index is 11.7. The maximum Gasteiger partial charge on any atom is 0.335 e. The predicted octanol–water partition coefficient (Wildman–Crippen LogP) is 2.43. The van der Waals surface area contributed by atoms with Gasteiger partial charge in [-0.1, -0.05) is 6.42 Å². The molecular weight excluding hydrogens is 218 g/mol. The zero-order valence-electron chi connectivity index (χ0n) is 9.69. The highest BCUT2D eigenvalue weighted by molar-refractivity contribution is 5.94. The molecule has 1 amide bonds. The number of carbonyl (C=O) groups is 2. The minimum atomic E-state index is -0.945. The van der Waals surface area contributed by atoms with E-state index in [0.717, 1.165) is 19.3 Å². The molecule has 2 rings (SSSR count). The molecule has 4 heteroatoms. The number of carbonyl (C=O) groups excluding carboxylic acids is 1. The molecule has 1 fully saturated rings. The molecule has 2 N–H and O–H groups in total. The maximum absolute atomic E-state index is 11.7. The molecule has 1 saturated carbocycles. The molecular formula is C13H15NO3. The lowest BCUT2D eigenvalue weighted by molar-refractivity contribution is -0.122. The Morgan fingerprint density at radius 1 is 1.35 bits per heavy atom. The van der Waals surface area contributed by atoms with Crippen molar-refractivity contribution in [2.75, 3.05) is 5.32 Å². The fraction of sp³-hybridized carbons (Fsp3) is 0.385. The largest absolute Gasteiger partial charge is 0.478 e. The van der Waals surface area contributed by atoms with E-state index >= 15 is 0 Å². The normalized spacial score (nSPS) is 15.1. The average molecular weight is 233 g/mol. The van der Waals surface area contributed by atoms with E-state index < -0.39 is 5.97 Å². The Balaban J connectivity index is 2.09. The van der Waals surface area contributed by atoms with Gasteiger partial charge in [0, 0.05) is 11.6 Å². The van der Waals surface area contributed by atoms with Gasteiger partial charge in [0.25, 0.3) is 0 Å². The zero-order valence-corrected chi connectivity index (χ0v) is 9.69. The van der Waals surface area contributed by atoms with Crippen LogP contribution in [-0.2, 0) is 4.79 Å². The summed E-state index contributed by atoms with van der Waals surface area (Å²) in [6.45, 7) is 1.72. The number of carboxylic acids is 1. The van der Waals surface area contributed by atoms with Crippen molar-refractivity contribution in [3.63, 3.8) is 0 Å². The Hall–Kier alpha value is -1.84. The van der Waals surface area contributed by atoms with Crippen LogP contribution in [0.4, 0.5) is 5.69 Å². The number of aromatic carboxylic acids is 1. The van der Waals surface area contributed by atoms with Crippen LogP contribution in [0.15, 0.2) is 18.2 Å². The van der Waals surface area contributed by atoms with Crippen molar-refractivity contribution in [3.8, 4) is 0 Å². The molecule has 1 aliphatic rings. The van der Waals surface area contributed by atoms with E-state index in [0.29, 0.717) is 11.3 Å². The molecule has 0 radical (unpaired) electrons. The van der Waals surface area contributed by atoms with Gasteiger partial charge in [-0.15, -0.1) is 0 Å². The van der Waals surface area contributed by atoms with E-state index in [1.807, 2.05) is 0 Å². The minimum absolute atomic E-state index is 0.0405. The predicted molar refractivity (Wildman–Crippen MR) is 64.1 cm³/mol. The van der Waals surface area contributed by atoms with E-state index in [-0.39, 0.29) is 17.4 Å². The third kappa shape index (κ3) is 2.46. The van der Waals surface area contributed by atoms with Crippen LogP contribution in [0.2, 0.25) is 0 Å². The van der Waals surface area contributed by atoms with E-state index in [2.05, 4.69) is 5.32 Å². The van der Waals surface area contributed by atoms with Gasteiger partial charge in [-0.05, 0) is 43.5 Å². The van der Waals surface area contributed by atoms with Crippen molar-refractivity contribution < 1.29 is 14.7 Å². The highest BCUT2D eigenvalue weighted by atomic mass is 16.4. The Bertz CT molecular complexity index is 464. The summed E-state index contributed by atoms with van der Waals surface area (Å²) in [4.78, 5) is 22.5. The number of nitrogens with one attached hydrogen (secondary N) is 1. The molecule has 0 heterocycles. The van der Waals surface area contributed by atoms with Gasteiger partial charge in [0.2, 0.25) is 5.91 Å². The highest BCUT2D eigenvalue weighted by Crippen LogP contribution is 2.27. The third-order valence-electron chi connectivity index (χ3n) is 3.20. The molecule has 0 spiro atoms. The fourth-order valence-corrected chi connectivity index (χ4v) is 1.90. The molecule has 4 nitrogen and oxygen atoms in total. The van der Waals surface area contributed by atoms with E-state index in [9.17, 15) is 9.59 Å². The lowest BCUT2D eigenvalue weighted by atomic mass is 9.85. The average Bonchev–Trinajstić information content (AvgIpc) is 2.13. The zero-order chi connectivity index (χ0) is 12.4. The number of hydrogen-bond acceptors (Lipinski definition) is 2. The van der Waals surface area contributed by atoms with Crippen molar-refractivity contribution in [3.05, 3.63) is 29.3 Å². The molecule has 0 atom stereocenters. The number of amides is 1. The van der Waals surface area contributed by atoms with Gasteiger partial charge in [0.05, 0.1) is 5.56 Å². The lowest BCUT2D eigenvalue weighted by Gasteiger charge is -2.24. The molecule has 1 aliphatic carbocycles. The Morgan fingerprint density at radius 2 is 2.06 bits per heavy atom. The summed E-state index contributed by atoms with van der Waals surface area (Å²) in [6, 6.07) is 4.85. The van der Waals surface area contributed by atoms with Gasteiger partial charge in [0.15, 0.2) is 0 Å². The van der Waals surface area contributed by atoms with Gasteiger partial charge in [-0.2, -0.15) is 0 Å². The van der Waals surface area contributed by atoms with Crippen LogP contribution in [-0.4, -0.2) is 17.0 Å². The van der Waals surface area contributed by atoms with Crippen LogP contribution in [0.5, 0.6) is 0 Å². The summed E-state index contributed by atoms with van der Waals surface area (Å²) in [5.74, 6) is -0.771. The number of carboxylic acid groups (broad SMARTS) is 1. The first-order valence-corrected chi connectivity index (χ1v) is 5.73. The molecule has 90 valence electrons. The van der Waals surface area contributed by atoms with E-state index in [1.54, 1.807) is 19.1 Å². The Kier molecular flexibility index (Phi) is 3.13. The summed E-state index contributed by atoms with van der Waals surface area (Å²) in [6.07, 6.45) is 3.03. The van der Waals surface area contributed by atoms with Gasteiger partial charge in [-0.25, -0.2) is 4.79 Å². The smallest absolute Gasteiger partial charge is 0.335 e. The number of aryl methyl sites for hydroxylation is 1. The van der Waals surface area contributed by atoms with Crippen molar-refractivity contribution in [1.29, 1.82) is 0 Å². The van der Waals surface area contributed by atoms with Gasteiger partial charge in [-0.3, -0.25) is 4.79 Å². The quantitative estimate of drug-likeness (QED) is 0.842. The SMILES string of the molecule is Cc1cc(NC(=O)C2CCC2)ccc1C(=O)O. The number of benzene rings is 1. The summed E-state index contributed by atoms with van der Waals surface area (Å²) >= 11 is 0. The van der Waals surface area contributed by atoms with E-state index in [1.165, 1.54) is 6.07 Å². The fourth-order valence-electron chi connectivity index (χ4n) is 1.90. The van der Waals surface area contributed by atoms with Crippen LogP contribution >= 0.6 is 0 Å². The second-order valence-corrected chi connectivity index (χ2v) is 4.45. The number of hydrogen-bond donors (Lipinski definition) is 2. The van der Waals surface area contributed by atoms with Crippen molar-refractivity contribution in [1.82, 2.24) is 0 Å². The minimum Gasteiger partial charge on any atom is -0.478 e. The van der Waals surface area contributed by atoms with Crippen LogP contribution in [0.25, 0.3) is 0 Å². The summed E-state index contributed by atoms with van der Waals surface area (Å²) in [7, 11) is 0. The van der Waals surface area contributed by atoms with Crippen molar-refractivity contribution >= 4 is 17.6 Å². The molecule has 0 aliphatic heterocycles. The van der Waals surface area contributed by atoms with Crippen LogP contribution in [0, 0.1) is 12.8 Å². The molecule has 17 heavy (non-hydrogen) atoms. The molecule has 0 bridgehead atoms. The first-order valence-electron chi connectivity index (χ1n) is 5.73. The highest BCUT2D eigenvalue weighted by Gasteiger charge is 2.25. The first-order chi connectivity index (χ1) is 8.08. The molecule has 0 aromatic heterocycles. The van der Waals surface area contributed by atoms with Gasteiger partial charge >= 0.3 is 5.97 Å². The Labute approximate surface area is 99.6 Å². The van der Waals surface area contributed by atoms with Gasteiger partial charge < -0.3 is 10.4 Å². The van der Waals surface area contributed by atoms with Crippen molar-refractivity contribution in [2.24, 2.45) is 5.92 Å². The second kappa shape index (κ2) is 4.57. The summed E-state index contributed by atoms with van der Waals surface area (Å²) in [5, 5.41) is 11.7. The summed E-state index contributed by atoms with van der Waals surface area (Å²) in [5.41, 5.74) is 1.60. The molecule has 0 unspecified atom stereocenters. The van der Waals surface area contributed by atoms with Crippen molar-refractivity contribution in [2.45, 2.75) is 26.2 Å². The summed E-state index contributed by atoms with van der Waals surface area (Å²) < 4.78 is 0. The first kappa shape index (κ1) is 11.6. The number of rotatable bonds is 3. The van der Waals surface area contributed by atoms with E-state index in [4.69, 9.17) is 5.11 Å². The third-order valence-corrected chi connectivity index (χ3v) is 3.20. The van der Waals surface area contributed by atoms with Crippen LogP contribution in [0.3, 0.4) is 0 Å². The molecule has 1 aromatic carbocycles. The standard InChI is InChI=1S/C13H15NO3/c1-8-7-10(5-6-11(8)13(16)17)14-12(15)9-3-2-4-9/h5-7,9H,2-4H2,1H3,(H,14,15)(H,16,17). The number of anilines is 1. The monoisotopic (exact) mass is 233 g/mol. The topological polar surface area (TPSA) is 66.4 Å². The van der Waals surface area contributed by atoms with Crippen LogP contribution < -0.4 is 5.32 Å². The van der Waals surface area contributed by atoms with Gasteiger partial charge in [0.1, 0.15) is 0 Å².